The van der Waals surface area contributed by atoms with Crippen LogP contribution in [0.1, 0.15) is 38.8 Å². The summed E-state index contributed by atoms with van der Waals surface area (Å²) < 4.78 is 0. The highest BCUT2D eigenvalue weighted by atomic mass is 35.5. The number of rotatable bonds is 7. The van der Waals surface area contributed by atoms with Gasteiger partial charge in [-0.1, -0.05) is 50.9 Å². The van der Waals surface area contributed by atoms with Gasteiger partial charge < -0.3 is 5.73 Å². The lowest BCUT2D eigenvalue weighted by Gasteiger charge is -2.32. The molecule has 2 nitrogen and oxygen atoms in total. The second-order valence-electron chi connectivity index (χ2n) is 4.91. The molecule has 1 aromatic carbocycles. The van der Waals surface area contributed by atoms with E-state index in [0.29, 0.717) is 12.5 Å². The van der Waals surface area contributed by atoms with Crippen LogP contribution < -0.4 is 5.73 Å². The molecule has 0 aliphatic rings. The Bertz CT molecular complexity index is 354. The third-order valence-electron chi connectivity index (χ3n) is 3.55. The lowest BCUT2D eigenvalue weighted by Crippen LogP contribution is -2.36. The molecular weight excluding hydrogens is 244 g/mol. The van der Waals surface area contributed by atoms with E-state index in [2.05, 4.69) is 31.7 Å². The molecule has 18 heavy (non-hydrogen) atoms. The summed E-state index contributed by atoms with van der Waals surface area (Å²) in [7, 11) is 0. The van der Waals surface area contributed by atoms with Crippen molar-refractivity contribution in [3.63, 3.8) is 0 Å². The molecule has 0 bridgehead atoms. The van der Waals surface area contributed by atoms with Crippen molar-refractivity contribution in [2.75, 3.05) is 19.6 Å². The van der Waals surface area contributed by atoms with Crippen LogP contribution in [0.25, 0.3) is 0 Å². The summed E-state index contributed by atoms with van der Waals surface area (Å²) in [6.07, 6.45) is 1.20. The van der Waals surface area contributed by atoms with Crippen LogP contribution in [0.15, 0.2) is 24.3 Å². The molecule has 0 aliphatic heterocycles. The van der Waals surface area contributed by atoms with Gasteiger partial charge >= 0.3 is 0 Å². The molecule has 3 heteroatoms. The van der Waals surface area contributed by atoms with Crippen molar-refractivity contribution in [3.8, 4) is 0 Å². The summed E-state index contributed by atoms with van der Waals surface area (Å²) in [6, 6.07) is 8.31. The standard InChI is InChI=1S/C15H25ClN2/c1-4-12(3)11-18(5-2)15(10-17)13-7-6-8-14(16)9-13/h6-9,12,15H,4-5,10-11,17H2,1-3H3. The lowest BCUT2D eigenvalue weighted by atomic mass is 10.0. The molecule has 2 N–H and O–H groups in total. The van der Waals surface area contributed by atoms with E-state index in [1.165, 1.54) is 12.0 Å². The van der Waals surface area contributed by atoms with Crippen LogP contribution in [0.5, 0.6) is 0 Å². The molecule has 102 valence electrons. The zero-order valence-electron chi connectivity index (χ0n) is 11.7. The monoisotopic (exact) mass is 268 g/mol. The van der Waals surface area contributed by atoms with Crippen molar-refractivity contribution in [2.45, 2.75) is 33.2 Å². The lowest BCUT2D eigenvalue weighted by molar-refractivity contribution is 0.182. The molecule has 0 saturated heterocycles. The van der Waals surface area contributed by atoms with Crippen molar-refractivity contribution in [1.82, 2.24) is 4.90 Å². The fourth-order valence-corrected chi connectivity index (χ4v) is 2.41. The Hall–Kier alpha value is -0.570. The molecule has 2 atom stereocenters. The van der Waals surface area contributed by atoms with E-state index in [0.717, 1.165) is 18.1 Å². The first-order valence-corrected chi connectivity index (χ1v) is 7.19. The molecule has 0 aromatic heterocycles. The smallest absolute Gasteiger partial charge is 0.0470 e. The van der Waals surface area contributed by atoms with Crippen molar-refractivity contribution in [2.24, 2.45) is 11.7 Å². The first kappa shape index (κ1) is 15.5. The van der Waals surface area contributed by atoms with Crippen LogP contribution in [0, 0.1) is 5.92 Å². The SMILES string of the molecule is CCC(C)CN(CC)C(CN)c1cccc(Cl)c1. The van der Waals surface area contributed by atoms with Gasteiger partial charge in [0.15, 0.2) is 0 Å². The first-order chi connectivity index (χ1) is 8.62. The van der Waals surface area contributed by atoms with Gasteiger partial charge in [0.1, 0.15) is 0 Å². The van der Waals surface area contributed by atoms with Gasteiger partial charge in [-0.05, 0) is 30.2 Å². The third kappa shape index (κ3) is 4.27. The number of nitrogens with zero attached hydrogens (tertiary/aromatic N) is 1. The van der Waals surface area contributed by atoms with Gasteiger partial charge in [0, 0.05) is 24.2 Å². The molecule has 0 spiro atoms. The number of hydrogen-bond acceptors (Lipinski definition) is 2. The Morgan fingerprint density at radius 2 is 2.06 bits per heavy atom. The molecule has 0 saturated carbocycles. The first-order valence-electron chi connectivity index (χ1n) is 6.81. The van der Waals surface area contributed by atoms with E-state index in [9.17, 15) is 0 Å². The molecule has 1 aromatic rings. The average molecular weight is 269 g/mol. The zero-order chi connectivity index (χ0) is 13.5. The summed E-state index contributed by atoms with van der Waals surface area (Å²) in [4.78, 5) is 2.44. The van der Waals surface area contributed by atoms with Crippen LogP contribution in [0.3, 0.4) is 0 Å². The number of benzene rings is 1. The predicted octanol–water partition coefficient (Wildman–Crippen LogP) is 3.71. The minimum Gasteiger partial charge on any atom is -0.329 e. The molecule has 0 radical (unpaired) electrons. The van der Waals surface area contributed by atoms with Gasteiger partial charge in [0.05, 0.1) is 0 Å². The Labute approximate surface area is 116 Å². The van der Waals surface area contributed by atoms with Crippen LogP contribution in [0.4, 0.5) is 0 Å². The molecule has 0 fully saturated rings. The summed E-state index contributed by atoms with van der Waals surface area (Å²) in [5, 5.41) is 0.783. The van der Waals surface area contributed by atoms with E-state index in [4.69, 9.17) is 17.3 Å². The maximum atomic E-state index is 6.07. The van der Waals surface area contributed by atoms with Gasteiger partial charge in [-0.15, -0.1) is 0 Å². The number of hydrogen-bond donors (Lipinski definition) is 1. The van der Waals surface area contributed by atoms with Crippen molar-refractivity contribution >= 4 is 11.6 Å². The quantitative estimate of drug-likeness (QED) is 0.817. The van der Waals surface area contributed by atoms with E-state index < -0.39 is 0 Å². The third-order valence-corrected chi connectivity index (χ3v) is 3.78. The van der Waals surface area contributed by atoms with E-state index >= 15 is 0 Å². The largest absolute Gasteiger partial charge is 0.329 e. The highest BCUT2D eigenvalue weighted by Gasteiger charge is 2.19. The predicted molar refractivity (Wildman–Crippen MR) is 79.9 cm³/mol. The van der Waals surface area contributed by atoms with Crippen LogP contribution in [-0.4, -0.2) is 24.5 Å². The normalized spacial score (nSPS) is 14.8. The fourth-order valence-electron chi connectivity index (χ4n) is 2.22. The second kappa shape index (κ2) is 7.78. The van der Waals surface area contributed by atoms with Crippen molar-refractivity contribution in [3.05, 3.63) is 34.9 Å². The molecule has 0 amide bonds. The number of nitrogens with two attached hydrogens (primary N) is 1. The van der Waals surface area contributed by atoms with E-state index in [1.54, 1.807) is 0 Å². The molecule has 0 aliphatic carbocycles. The molecular formula is C15H25ClN2. The highest BCUT2D eigenvalue weighted by Crippen LogP contribution is 2.23. The summed E-state index contributed by atoms with van der Waals surface area (Å²) in [5.41, 5.74) is 7.18. The van der Waals surface area contributed by atoms with Crippen LogP contribution in [0.2, 0.25) is 5.02 Å². The van der Waals surface area contributed by atoms with Gasteiger partial charge in [0.2, 0.25) is 0 Å². The van der Waals surface area contributed by atoms with Gasteiger partial charge in [-0.25, -0.2) is 0 Å². The second-order valence-corrected chi connectivity index (χ2v) is 5.34. The zero-order valence-corrected chi connectivity index (χ0v) is 12.5. The highest BCUT2D eigenvalue weighted by molar-refractivity contribution is 6.30. The van der Waals surface area contributed by atoms with Crippen molar-refractivity contribution < 1.29 is 0 Å². The van der Waals surface area contributed by atoms with E-state index in [-0.39, 0.29) is 6.04 Å². The summed E-state index contributed by atoms with van der Waals surface area (Å²) in [6.45, 7) is 9.43. The minimum atomic E-state index is 0.266. The minimum absolute atomic E-state index is 0.266. The van der Waals surface area contributed by atoms with Crippen LogP contribution >= 0.6 is 11.6 Å². The number of likely N-dealkylation sites (N-methyl/N-ethyl adjacent to an activating group) is 1. The van der Waals surface area contributed by atoms with Gasteiger partial charge in [-0.3, -0.25) is 4.90 Å². The molecule has 1 rings (SSSR count). The fraction of sp³-hybridized carbons (Fsp3) is 0.600. The summed E-state index contributed by atoms with van der Waals surface area (Å²) in [5.74, 6) is 0.693. The molecule has 2 unspecified atom stereocenters. The van der Waals surface area contributed by atoms with E-state index in [1.807, 2.05) is 18.2 Å². The maximum absolute atomic E-state index is 6.07. The Morgan fingerprint density at radius 3 is 2.56 bits per heavy atom. The number of halogens is 1. The Balaban J connectivity index is 2.85. The Kier molecular flexibility index (Phi) is 6.69. The maximum Gasteiger partial charge on any atom is 0.0470 e. The van der Waals surface area contributed by atoms with Gasteiger partial charge in [0.25, 0.3) is 0 Å². The van der Waals surface area contributed by atoms with Gasteiger partial charge in [-0.2, -0.15) is 0 Å². The summed E-state index contributed by atoms with van der Waals surface area (Å²) >= 11 is 6.07. The topological polar surface area (TPSA) is 29.3 Å². The molecule has 0 heterocycles. The Morgan fingerprint density at radius 1 is 1.33 bits per heavy atom. The van der Waals surface area contributed by atoms with Crippen LogP contribution in [-0.2, 0) is 0 Å². The average Bonchev–Trinajstić information content (AvgIpc) is 2.38. The van der Waals surface area contributed by atoms with Crippen molar-refractivity contribution in [1.29, 1.82) is 0 Å².